The first-order chi connectivity index (χ1) is 26.9. The summed E-state index contributed by atoms with van der Waals surface area (Å²) in [4.78, 5) is 11.6. The quantitative estimate of drug-likeness (QED) is 0.182. The highest BCUT2D eigenvalue weighted by molar-refractivity contribution is 5.76. The van der Waals surface area contributed by atoms with Crippen molar-refractivity contribution in [2.24, 2.45) is 17.8 Å². The van der Waals surface area contributed by atoms with Crippen LogP contribution >= 0.6 is 0 Å². The molecule has 7 rings (SSSR count). The van der Waals surface area contributed by atoms with Crippen LogP contribution in [-0.2, 0) is 38.0 Å². The lowest BCUT2D eigenvalue weighted by atomic mass is 9.79. The Labute approximate surface area is 337 Å². The number of aliphatic hydroxyl groups excluding tert-OH is 3. The first-order valence-corrected chi connectivity index (χ1v) is 21.7. The Morgan fingerprint density at radius 1 is 1.00 bits per heavy atom. The minimum Gasteiger partial charge on any atom is -0.479 e. The highest BCUT2D eigenvalue weighted by Crippen LogP contribution is 2.47. The Morgan fingerprint density at radius 2 is 1.75 bits per heavy atom. The summed E-state index contributed by atoms with van der Waals surface area (Å²) in [6, 6.07) is 0. The van der Waals surface area contributed by atoms with Gasteiger partial charge < -0.3 is 58.7 Å². The smallest absolute Gasteiger partial charge is 0.335 e. The van der Waals surface area contributed by atoms with Crippen LogP contribution in [0.5, 0.6) is 0 Å². The number of hydrogen-bond acceptors (Lipinski definition) is 12. The molecule has 6 saturated heterocycles. The normalized spacial score (nSPS) is 45.4. The largest absolute Gasteiger partial charge is 0.479 e. The van der Waals surface area contributed by atoms with Gasteiger partial charge >= 0.3 is 5.97 Å². The lowest BCUT2D eigenvalue weighted by Gasteiger charge is -2.50. The summed E-state index contributed by atoms with van der Waals surface area (Å²) < 4.78 is 45.2. The Morgan fingerprint density at radius 3 is 2.49 bits per heavy atom. The fourth-order valence-electron chi connectivity index (χ4n) is 10.5. The van der Waals surface area contributed by atoms with Gasteiger partial charge in [0, 0.05) is 38.0 Å². The highest BCUT2D eigenvalue weighted by atomic mass is 16.7. The first-order valence-electron chi connectivity index (χ1n) is 21.7. The highest BCUT2D eigenvalue weighted by Gasteiger charge is 2.55. The fraction of sp³-hybridized carbons (Fsp3) is 0.841. The number of carboxylic acid groups (broad SMARTS) is 1. The van der Waals surface area contributed by atoms with E-state index in [9.17, 15) is 30.3 Å². The second-order valence-corrected chi connectivity index (χ2v) is 18.9. The topological polar surface area (TPSA) is 183 Å². The predicted molar refractivity (Wildman–Crippen MR) is 208 cm³/mol. The van der Waals surface area contributed by atoms with E-state index in [1.54, 1.807) is 6.08 Å². The Hall–Kier alpha value is -1.75. The van der Waals surface area contributed by atoms with Gasteiger partial charge in [-0.15, -0.1) is 0 Å². The lowest BCUT2D eigenvalue weighted by Crippen LogP contribution is -2.60. The van der Waals surface area contributed by atoms with Crippen molar-refractivity contribution >= 4 is 5.97 Å². The summed E-state index contributed by atoms with van der Waals surface area (Å²) in [7, 11) is 0. The lowest BCUT2D eigenvalue weighted by molar-refractivity contribution is -0.321. The van der Waals surface area contributed by atoms with Gasteiger partial charge in [0.1, 0.15) is 24.4 Å². The summed E-state index contributed by atoms with van der Waals surface area (Å²) >= 11 is 0. The van der Waals surface area contributed by atoms with E-state index in [-0.39, 0.29) is 36.6 Å². The van der Waals surface area contributed by atoms with Crippen LogP contribution in [0.4, 0.5) is 0 Å². The minimum atomic E-state index is -1.96. The third-order valence-electron chi connectivity index (χ3n) is 14.0. The summed E-state index contributed by atoms with van der Waals surface area (Å²) in [6.07, 6.45) is 9.37. The second-order valence-electron chi connectivity index (χ2n) is 18.9. The molecule has 0 radical (unpaired) electrons. The van der Waals surface area contributed by atoms with Crippen molar-refractivity contribution in [2.75, 3.05) is 6.61 Å². The standard InChI is InChI=1S/C44H68O13/c1-25-21-34(55-44(23-25)35(46)12-11-31(54-44)24-41(6,50)40(48)49)26(2)9-10-30-14-18-43(53-30)19-15-33-39(57-43)36(47)29(5)38(52-33)32(45)22-28(4)37-27(3)13-17-42(56-37)16-7-8-20-51-42/h9-10,23,26-28,30-39,45-47,50H,5,7-8,11-22,24H2,1-4,6H3,(H,48,49)/b10-9+/t26-,27-,28+,30+,31+,32+,33-,34-,35-,36-,37+,38-,39-,41-,42+,43+,44-/m1/s1. The second kappa shape index (κ2) is 17.0. The van der Waals surface area contributed by atoms with E-state index in [2.05, 4.69) is 26.5 Å². The van der Waals surface area contributed by atoms with Crippen molar-refractivity contribution < 1.29 is 63.5 Å². The molecule has 13 nitrogen and oxygen atoms in total. The molecule has 3 spiro atoms. The molecule has 0 aromatic heterocycles. The molecule has 6 fully saturated rings. The Kier molecular flexibility index (Phi) is 12.9. The van der Waals surface area contributed by atoms with Crippen LogP contribution in [0.1, 0.15) is 125 Å². The van der Waals surface area contributed by atoms with Gasteiger partial charge in [-0.1, -0.05) is 45.1 Å². The van der Waals surface area contributed by atoms with Crippen LogP contribution < -0.4 is 0 Å². The summed E-state index contributed by atoms with van der Waals surface area (Å²) in [5.41, 5.74) is -0.551. The van der Waals surface area contributed by atoms with Gasteiger partial charge in [-0.25, -0.2) is 4.79 Å². The Bertz CT molecular complexity index is 1510. The van der Waals surface area contributed by atoms with E-state index >= 15 is 0 Å². The minimum absolute atomic E-state index is 0.0423. The number of aliphatic hydroxyl groups is 4. The van der Waals surface area contributed by atoms with Crippen LogP contribution in [0.25, 0.3) is 0 Å². The van der Waals surface area contributed by atoms with E-state index < -0.39 is 71.7 Å². The molecule has 57 heavy (non-hydrogen) atoms. The number of ether oxygens (including phenoxy) is 7. The molecule has 0 aromatic rings. The number of rotatable bonds is 10. The maximum atomic E-state index is 11.6. The van der Waals surface area contributed by atoms with Gasteiger partial charge in [0.05, 0.1) is 43.2 Å². The number of carbonyl (C=O) groups is 1. The number of hydrogen-bond donors (Lipinski definition) is 5. The average Bonchev–Trinajstić information content (AvgIpc) is 3.56. The predicted octanol–water partition coefficient (Wildman–Crippen LogP) is 5.21. The molecule has 0 aliphatic carbocycles. The van der Waals surface area contributed by atoms with Crippen LogP contribution in [0.2, 0.25) is 0 Å². The summed E-state index contributed by atoms with van der Waals surface area (Å²) in [6.45, 7) is 14.5. The molecule has 0 unspecified atom stereocenters. The molecule has 13 heteroatoms. The van der Waals surface area contributed by atoms with E-state index in [1.807, 2.05) is 19.9 Å². The van der Waals surface area contributed by atoms with Crippen LogP contribution in [0, 0.1) is 17.8 Å². The zero-order valence-electron chi connectivity index (χ0n) is 34.6. The maximum absolute atomic E-state index is 11.6. The van der Waals surface area contributed by atoms with Crippen molar-refractivity contribution in [3.05, 3.63) is 36.0 Å². The van der Waals surface area contributed by atoms with Gasteiger partial charge in [0.15, 0.2) is 17.2 Å². The van der Waals surface area contributed by atoms with Crippen molar-refractivity contribution in [2.45, 2.75) is 209 Å². The molecule has 5 N–H and O–H groups in total. The molecular formula is C44H68O13. The average molecular weight is 805 g/mol. The molecule has 0 saturated carbocycles. The van der Waals surface area contributed by atoms with E-state index in [0.29, 0.717) is 56.4 Å². The van der Waals surface area contributed by atoms with Gasteiger partial charge in [-0.3, -0.25) is 0 Å². The maximum Gasteiger partial charge on any atom is 0.335 e. The van der Waals surface area contributed by atoms with E-state index in [4.69, 9.17) is 33.2 Å². The molecule has 322 valence electrons. The number of fused-ring (bicyclic) bond motifs is 1. The first kappa shape index (κ1) is 43.3. The van der Waals surface area contributed by atoms with Gasteiger partial charge in [0.2, 0.25) is 5.79 Å². The Balaban J connectivity index is 0.920. The molecule has 7 heterocycles. The molecule has 17 atom stereocenters. The molecule has 7 aliphatic heterocycles. The van der Waals surface area contributed by atoms with Crippen molar-refractivity contribution in [1.29, 1.82) is 0 Å². The molecule has 0 bridgehead atoms. The third-order valence-corrected chi connectivity index (χ3v) is 14.0. The van der Waals surface area contributed by atoms with Crippen molar-refractivity contribution in [1.82, 2.24) is 0 Å². The SMILES string of the molecule is C=C1[C@@H](O)[C@@H]2O[C@@]3(CC[C@H](/C=C/[C@@H](C)[C@H]4CC(C)=C[C@@]5(O[C@H](C[C@@](C)(O)C(=O)O)CC[C@H]5O)O4)O3)CC[C@H]2O[C@H]1[C@@H](O)C[C@H](C)[C@H]1O[C@@]2(CCCCO2)CC[C@H]1C. The van der Waals surface area contributed by atoms with E-state index in [1.165, 1.54) is 6.92 Å². The zero-order valence-corrected chi connectivity index (χ0v) is 34.6. The van der Waals surface area contributed by atoms with Gasteiger partial charge in [0.25, 0.3) is 0 Å². The number of carboxylic acids is 1. The van der Waals surface area contributed by atoms with Gasteiger partial charge in [-0.2, -0.15) is 0 Å². The molecule has 7 aliphatic rings. The van der Waals surface area contributed by atoms with Gasteiger partial charge in [-0.05, 0) is 95.1 Å². The van der Waals surface area contributed by atoms with E-state index in [0.717, 1.165) is 50.7 Å². The zero-order chi connectivity index (χ0) is 40.9. The van der Waals surface area contributed by atoms with Crippen molar-refractivity contribution in [3.8, 4) is 0 Å². The molecule has 0 aromatic carbocycles. The monoisotopic (exact) mass is 804 g/mol. The fourth-order valence-corrected chi connectivity index (χ4v) is 10.5. The number of aliphatic carboxylic acids is 1. The molecular weight excluding hydrogens is 736 g/mol. The summed E-state index contributed by atoms with van der Waals surface area (Å²) in [5, 5.41) is 54.0. The third kappa shape index (κ3) is 9.15. The van der Waals surface area contributed by atoms with Crippen LogP contribution in [0.3, 0.4) is 0 Å². The molecule has 0 amide bonds. The van der Waals surface area contributed by atoms with Crippen molar-refractivity contribution in [3.63, 3.8) is 0 Å². The van der Waals surface area contributed by atoms with Crippen LogP contribution in [0.15, 0.2) is 36.0 Å². The summed E-state index contributed by atoms with van der Waals surface area (Å²) in [5.74, 6) is -3.82. The van der Waals surface area contributed by atoms with Crippen LogP contribution in [-0.4, -0.2) is 122 Å².